The second kappa shape index (κ2) is 13.6. The first-order chi connectivity index (χ1) is 17.4. The van der Waals surface area contributed by atoms with E-state index in [4.69, 9.17) is 37.4 Å². The van der Waals surface area contributed by atoms with E-state index >= 15 is 0 Å². The number of rotatable bonds is 11. The lowest BCUT2D eigenvalue weighted by atomic mass is 10.1. The Morgan fingerprint density at radius 2 is 1.58 bits per heavy atom. The van der Waals surface area contributed by atoms with Gasteiger partial charge in [0, 0.05) is 5.69 Å². The Labute approximate surface area is 221 Å². The zero-order valence-corrected chi connectivity index (χ0v) is 21.5. The van der Waals surface area contributed by atoms with Gasteiger partial charge in [0.15, 0.2) is 5.75 Å². The summed E-state index contributed by atoms with van der Waals surface area (Å²) in [5.41, 5.74) is 3.18. The minimum atomic E-state index is -0.529. The van der Waals surface area contributed by atoms with Crippen LogP contribution >= 0.6 is 23.2 Å². The lowest BCUT2D eigenvalue weighted by molar-refractivity contribution is -0.112. The van der Waals surface area contributed by atoms with Crippen LogP contribution in [-0.4, -0.2) is 32.3 Å². The number of nitrogens with one attached hydrogen (secondary N) is 1. The highest BCUT2D eigenvalue weighted by molar-refractivity contribution is 6.37. The Balaban J connectivity index is 1.50. The Kier molecular flexibility index (Phi) is 10.2. The molecule has 1 N–H and O–H groups in total. The smallest absolute Gasteiger partial charge is 0.266 e. The van der Waals surface area contributed by atoms with Gasteiger partial charge in [-0.3, -0.25) is 4.79 Å². The number of anilines is 1. The van der Waals surface area contributed by atoms with Gasteiger partial charge in [0.2, 0.25) is 0 Å². The minimum absolute atomic E-state index is 0.0847. The van der Waals surface area contributed by atoms with Crippen molar-refractivity contribution in [3.63, 3.8) is 0 Å². The SMILES string of the molecule is Cc1ccc(OCCOCCOc2c(Cl)cc(/C=C(\C#N)C(=O)Nc3cccc(C)c3)cc2Cl)cc1. The number of halogens is 2. The van der Waals surface area contributed by atoms with E-state index in [-0.39, 0.29) is 22.2 Å². The molecule has 3 aromatic carbocycles. The molecule has 1 amide bonds. The molecule has 0 saturated heterocycles. The predicted molar refractivity (Wildman–Crippen MR) is 143 cm³/mol. The standard InChI is InChI=1S/C28H26Cl2N2O4/c1-19-6-8-24(9-7-19)35-12-10-34-11-13-36-27-25(29)16-21(17-26(27)30)15-22(18-31)28(33)32-23-5-3-4-20(2)14-23/h3-9,14-17H,10-13H2,1-2H3,(H,32,33)/b22-15+. The van der Waals surface area contributed by atoms with E-state index < -0.39 is 5.91 Å². The van der Waals surface area contributed by atoms with Crippen molar-refractivity contribution < 1.29 is 19.0 Å². The van der Waals surface area contributed by atoms with Crippen molar-refractivity contribution in [2.75, 3.05) is 31.7 Å². The molecule has 186 valence electrons. The fraction of sp³-hybridized carbons (Fsp3) is 0.214. The number of carbonyl (C=O) groups excluding carboxylic acids is 1. The van der Waals surface area contributed by atoms with Crippen LogP contribution in [-0.2, 0) is 9.53 Å². The van der Waals surface area contributed by atoms with E-state index in [1.54, 1.807) is 18.2 Å². The number of amides is 1. The van der Waals surface area contributed by atoms with Crippen LogP contribution in [0.15, 0.2) is 66.2 Å². The van der Waals surface area contributed by atoms with Crippen molar-refractivity contribution in [2.45, 2.75) is 13.8 Å². The largest absolute Gasteiger partial charge is 0.491 e. The summed E-state index contributed by atoms with van der Waals surface area (Å²) in [5, 5.41) is 12.7. The Morgan fingerprint density at radius 3 is 2.22 bits per heavy atom. The summed E-state index contributed by atoms with van der Waals surface area (Å²) in [5.74, 6) is 0.567. The third-order valence-corrected chi connectivity index (χ3v) is 5.53. The maximum atomic E-state index is 12.5. The zero-order valence-electron chi connectivity index (χ0n) is 20.0. The van der Waals surface area contributed by atoms with Crippen molar-refractivity contribution in [1.82, 2.24) is 0 Å². The molecule has 0 aliphatic carbocycles. The van der Waals surface area contributed by atoms with Crippen LogP contribution < -0.4 is 14.8 Å². The number of nitriles is 1. The summed E-state index contributed by atoms with van der Waals surface area (Å²) in [6, 6.07) is 20.2. The van der Waals surface area contributed by atoms with Crippen LogP contribution in [0.5, 0.6) is 11.5 Å². The number of aryl methyl sites for hydroxylation is 2. The fourth-order valence-corrected chi connectivity index (χ4v) is 3.81. The third-order valence-electron chi connectivity index (χ3n) is 4.96. The van der Waals surface area contributed by atoms with Gasteiger partial charge in [0.1, 0.15) is 30.6 Å². The molecule has 0 saturated carbocycles. The molecule has 0 unspecified atom stereocenters. The molecule has 0 aliphatic heterocycles. The van der Waals surface area contributed by atoms with Gasteiger partial charge in [-0.25, -0.2) is 0 Å². The topological polar surface area (TPSA) is 80.6 Å². The van der Waals surface area contributed by atoms with E-state index in [2.05, 4.69) is 5.32 Å². The van der Waals surface area contributed by atoms with Gasteiger partial charge in [-0.2, -0.15) is 5.26 Å². The van der Waals surface area contributed by atoms with Crippen LogP contribution in [0.25, 0.3) is 6.08 Å². The Hall–Kier alpha value is -3.50. The molecule has 3 aromatic rings. The molecule has 0 fully saturated rings. The highest BCUT2D eigenvalue weighted by Crippen LogP contribution is 2.35. The second-order valence-corrected chi connectivity index (χ2v) is 8.74. The molecule has 3 rings (SSSR count). The molecule has 36 heavy (non-hydrogen) atoms. The average molecular weight is 525 g/mol. The van der Waals surface area contributed by atoms with Gasteiger partial charge in [0.05, 0.1) is 23.3 Å². The molecule has 0 atom stereocenters. The second-order valence-electron chi connectivity index (χ2n) is 7.93. The van der Waals surface area contributed by atoms with Crippen molar-refractivity contribution in [2.24, 2.45) is 0 Å². The molecular formula is C28H26Cl2N2O4. The minimum Gasteiger partial charge on any atom is -0.491 e. The summed E-state index contributed by atoms with van der Waals surface area (Å²) in [7, 11) is 0. The highest BCUT2D eigenvalue weighted by Gasteiger charge is 2.13. The quantitative estimate of drug-likeness (QED) is 0.173. The van der Waals surface area contributed by atoms with Crippen molar-refractivity contribution in [3.05, 3.63) is 93.0 Å². The molecule has 0 bridgehead atoms. The van der Waals surface area contributed by atoms with Gasteiger partial charge in [-0.1, -0.05) is 53.0 Å². The van der Waals surface area contributed by atoms with Gasteiger partial charge in [-0.05, 0) is 67.4 Å². The monoisotopic (exact) mass is 524 g/mol. The molecule has 0 aliphatic rings. The molecule has 0 spiro atoms. The van der Waals surface area contributed by atoms with E-state index in [1.165, 1.54) is 11.6 Å². The van der Waals surface area contributed by atoms with Crippen LogP contribution in [0.2, 0.25) is 10.0 Å². The van der Waals surface area contributed by atoms with E-state index in [9.17, 15) is 10.1 Å². The molecule has 0 radical (unpaired) electrons. The molecule has 6 nitrogen and oxygen atoms in total. The van der Waals surface area contributed by atoms with Crippen LogP contribution in [0.4, 0.5) is 5.69 Å². The predicted octanol–water partition coefficient (Wildman–Crippen LogP) is 6.63. The number of ether oxygens (including phenoxy) is 3. The summed E-state index contributed by atoms with van der Waals surface area (Å²) >= 11 is 12.7. The van der Waals surface area contributed by atoms with Crippen LogP contribution in [0, 0.1) is 25.2 Å². The average Bonchev–Trinajstić information content (AvgIpc) is 2.84. The Bertz CT molecular complexity index is 1240. The van der Waals surface area contributed by atoms with Crippen molar-refractivity contribution >= 4 is 40.9 Å². The third kappa shape index (κ3) is 8.31. The molecule has 8 heteroatoms. The van der Waals surface area contributed by atoms with Crippen LogP contribution in [0.3, 0.4) is 0 Å². The first-order valence-electron chi connectivity index (χ1n) is 11.2. The van der Waals surface area contributed by atoms with Gasteiger partial charge < -0.3 is 19.5 Å². The van der Waals surface area contributed by atoms with Gasteiger partial charge in [-0.15, -0.1) is 0 Å². The van der Waals surface area contributed by atoms with E-state index in [1.807, 2.05) is 62.4 Å². The van der Waals surface area contributed by atoms with E-state index in [0.29, 0.717) is 36.8 Å². The van der Waals surface area contributed by atoms with Gasteiger partial charge in [0.25, 0.3) is 5.91 Å². The maximum absolute atomic E-state index is 12.5. The number of hydrogen-bond acceptors (Lipinski definition) is 5. The first-order valence-corrected chi connectivity index (χ1v) is 12.0. The van der Waals surface area contributed by atoms with Crippen molar-refractivity contribution in [3.8, 4) is 17.6 Å². The molecule has 0 heterocycles. The number of benzene rings is 3. The lowest BCUT2D eigenvalue weighted by Crippen LogP contribution is -2.13. The van der Waals surface area contributed by atoms with Gasteiger partial charge >= 0.3 is 0 Å². The summed E-state index contributed by atoms with van der Waals surface area (Å²) in [4.78, 5) is 12.5. The van der Waals surface area contributed by atoms with Crippen molar-refractivity contribution in [1.29, 1.82) is 5.26 Å². The summed E-state index contributed by atoms with van der Waals surface area (Å²) in [6.45, 7) is 5.32. The number of nitrogens with zero attached hydrogens (tertiary/aromatic N) is 1. The number of hydrogen-bond donors (Lipinski definition) is 1. The maximum Gasteiger partial charge on any atom is 0.266 e. The van der Waals surface area contributed by atoms with E-state index in [0.717, 1.165) is 11.3 Å². The first kappa shape index (κ1) is 27.1. The summed E-state index contributed by atoms with van der Waals surface area (Å²) in [6.07, 6.45) is 1.42. The highest BCUT2D eigenvalue weighted by atomic mass is 35.5. The normalized spacial score (nSPS) is 11.0. The Morgan fingerprint density at radius 1 is 0.917 bits per heavy atom. The zero-order chi connectivity index (χ0) is 25.9. The number of carbonyl (C=O) groups is 1. The molecular weight excluding hydrogens is 499 g/mol. The fourth-order valence-electron chi connectivity index (χ4n) is 3.19. The molecule has 0 aromatic heterocycles. The van der Waals surface area contributed by atoms with Crippen LogP contribution in [0.1, 0.15) is 16.7 Å². The lowest BCUT2D eigenvalue weighted by Gasteiger charge is -2.12. The summed E-state index contributed by atoms with van der Waals surface area (Å²) < 4.78 is 16.8.